The molecule has 5 rings (SSSR count). The van der Waals surface area contributed by atoms with E-state index in [2.05, 4.69) is 59.6 Å². The van der Waals surface area contributed by atoms with Crippen LogP contribution in [0.5, 0.6) is 0 Å². The summed E-state index contributed by atoms with van der Waals surface area (Å²) in [7, 11) is 3.31. The van der Waals surface area contributed by atoms with E-state index in [1.807, 2.05) is 30.3 Å². The van der Waals surface area contributed by atoms with E-state index in [1.54, 1.807) is 20.7 Å². The molecular formula is C24H19Br2NO2S2. The number of halogens is 2. The van der Waals surface area contributed by atoms with E-state index in [4.69, 9.17) is 0 Å². The Morgan fingerprint density at radius 3 is 1.65 bits per heavy atom. The largest absolute Gasteiger partial charge is 0.268 e. The average molecular weight is 577 g/mol. The summed E-state index contributed by atoms with van der Waals surface area (Å²) < 4.78 is 5.33. The number of pyridine rings is 1. The van der Waals surface area contributed by atoms with Gasteiger partial charge in [0, 0.05) is 19.7 Å². The SMILES string of the molecule is CC(C)c1cccc(C(C)C)c1-n1c(=O)c2cc(Br)c3ssc4c(Br)cc(c1=O)c2c34. The molecule has 0 atom stereocenters. The minimum absolute atomic E-state index is 0.175. The van der Waals surface area contributed by atoms with Crippen LogP contribution in [0.1, 0.15) is 50.7 Å². The van der Waals surface area contributed by atoms with Crippen molar-refractivity contribution < 1.29 is 0 Å². The molecule has 0 radical (unpaired) electrons. The summed E-state index contributed by atoms with van der Waals surface area (Å²) in [5.41, 5.74) is 2.24. The minimum Gasteiger partial charge on any atom is -0.268 e. The maximum absolute atomic E-state index is 13.9. The zero-order valence-corrected chi connectivity index (χ0v) is 22.2. The Bertz CT molecular complexity index is 1500. The van der Waals surface area contributed by atoms with Crippen LogP contribution in [0, 0.1) is 0 Å². The van der Waals surface area contributed by atoms with Crippen LogP contribution in [-0.2, 0) is 0 Å². The third-order valence-electron chi connectivity index (χ3n) is 5.86. The molecule has 0 bridgehead atoms. The second-order valence-corrected chi connectivity index (χ2v) is 12.3. The monoisotopic (exact) mass is 575 g/mol. The Balaban J connectivity index is 2.07. The van der Waals surface area contributed by atoms with E-state index in [0.29, 0.717) is 10.8 Å². The van der Waals surface area contributed by atoms with E-state index >= 15 is 0 Å². The molecule has 0 spiro atoms. The van der Waals surface area contributed by atoms with Gasteiger partial charge >= 0.3 is 0 Å². The molecule has 0 saturated heterocycles. The first kappa shape index (κ1) is 21.3. The van der Waals surface area contributed by atoms with Crippen molar-refractivity contribution in [2.45, 2.75) is 39.5 Å². The van der Waals surface area contributed by atoms with Gasteiger partial charge in [0.1, 0.15) is 0 Å². The Kier molecular flexibility index (Phi) is 5.16. The lowest BCUT2D eigenvalue weighted by Gasteiger charge is -2.21. The second-order valence-electron chi connectivity index (χ2n) is 8.43. The molecule has 2 heterocycles. The van der Waals surface area contributed by atoms with Crippen molar-refractivity contribution in [3.63, 3.8) is 0 Å². The smallest absolute Gasteiger partial charge is 0.266 e. The number of para-hydroxylation sites is 1. The fraction of sp³-hybridized carbons (Fsp3) is 0.250. The summed E-state index contributed by atoms with van der Waals surface area (Å²) in [6, 6.07) is 9.83. The zero-order chi connectivity index (χ0) is 22.2. The number of nitrogens with zero attached hydrogens (tertiary/aromatic N) is 1. The molecule has 5 aromatic rings. The lowest BCUT2D eigenvalue weighted by Crippen LogP contribution is -2.33. The molecule has 7 heteroatoms. The lowest BCUT2D eigenvalue weighted by atomic mass is 9.92. The number of hydrogen-bond donors (Lipinski definition) is 0. The number of rotatable bonds is 3. The Labute approximate surface area is 203 Å². The molecule has 3 aromatic carbocycles. The van der Waals surface area contributed by atoms with Crippen LogP contribution in [0.15, 0.2) is 48.9 Å². The molecule has 0 aliphatic carbocycles. The van der Waals surface area contributed by atoms with E-state index < -0.39 is 0 Å². The molecule has 0 unspecified atom stereocenters. The van der Waals surface area contributed by atoms with Gasteiger partial charge in [-0.3, -0.25) is 9.59 Å². The molecule has 31 heavy (non-hydrogen) atoms. The van der Waals surface area contributed by atoms with Gasteiger partial charge in [0.15, 0.2) is 0 Å². The first-order valence-corrected chi connectivity index (χ1v) is 13.8. The van der Waals surface area contributed by atoms with Gasteiger partial charge in [0.25, 0.3) is 11.1 Å². The summed E-state index contributed by atoms with van der Waals surface area (Å²) in [5.74, 6) is 0.350. The molecule has 0 fully saturated rings. The number of benzene rings is 3. The van der Waals surface area contributed by atoms with Crippen LogP contribution in [0.4, 0.5) is 0 Å². The van der Waals surface area contributed by atoms with Gasteiger partial charge < -0.3 is 0 Å². The third-order valence-corrected chi connectivity index (χ3v) is 10.2. The Morgan fingerprint density at radius 2 is 1.23 bits per heavy atom. The van der Waals surface area contributed by atoms with Crippen molar-refractivity contribution in [2.24, 2.45) is 0 Å². The first-order valence-electron chi connectivity index (χ1n) is 10.1. The van der Waals surface area contributed by atoms with Gasteiger partial charge in [-0.1, -0.05) is 66.6 Å². The van der Waals surface area contributed by atoms with Gasteiger partial charge in [-0.15, -0.1) is 0 Å². The summed E-state index contributed by atoms with van der Waals surface area (Å²) in [4.78, 5) is 27.8. The predicted molar refractivity (Wildman–Crippen MR) is 141 cm³/mol. The first-order chi connectivity index (χ1) is 14.7. The summed E-state index contributed by atoms with van der Waals surface area (Å²) in [6.07, 6.45) is 0. The molecule has 0 amide bonds. The molecule has 2 aromatic heterocycles. The third kappa shape index (κ3) is 3.00. The summed E-state index contributed by atoms with van der Waals surface area (Å²) in [5, 5.41) is 2.91. The van der Waals surface area contributed by atoms with Gasteiger partial charge in [-0.2, -0.15) is 0 Å². The van der Waals surface area contributed by atoms with E-state index in [0.717, 1.165) is 45.9 Å². The van der Waals surface area contributed by atoms with Gasteiger partial charge in [-0.05, 0) is 67.0 Å². The zero-order valence-electron chi connectivity index (χ0n) is 17.4. The molecule has 0 saturated carbocycles. The molecule has 0 N–H and O–H groups in total. The molecule has 0 aliphatic heterocycles. The van der Waals surface area contributed by atoms with Crippen LogP contribution in [0.3, 0.4) is 0 Å². The van der Waals surface area contributed by atoms with Crippen molar-refractivity contribution in [1.29, 1.82) is 0 Å². The minimum atomic E-state index is -0.255. The standard InChI is InChI=1S/C24H19Br2NO2S2/c1-10(2)12-6-5-7-13(11(3)4)20(12)27-23(28)14-8-16(25)21-19-18(14)15(24(27)29)9-17(26)22(19)31-30-21/h5-11H,1-4H3. The van der Waals surface area contributed by atoms with Crippen molar-refractivity contribution in [1.82, 2.24) is 4.57 Å². The Hall–Kier alpha value is -1.54. The average Bonchev–Trinajstić information content (AvgIpc) is 3.17. The van der Waals surface area contributed by atoms with Crippen LogP contribution in [-0.4, -0.2) is 4.57 Å². The van der Waals surface area contributed by atoms with Crippen LogP contribution in [0.2, 0.25) is 0 Å². The maximum Gasteiger partial charge on any atom is 0.266 e. The normalized spacial score (nSPS) is 12.4. The summed E-state index contributed by atoms with van der Waals surface area (Å²) in [6.45, 7) is 8.39. The van der Waals surface area contributed by atoms with E-state index in [1.165, 1.54) is 4.57 Å². The highest BCUT2D eigenvalue weighted by molar-refractivity contribution is 9.11. The van der Waals surface area contributed by atoms with Crippen LogP contribution >= 0.6 is 52.5 Å². The number of hydrogen-bond acceptors (Lipinski definition) is 4. The van der Waals surface area contributed by atoms with Gasteiger partial charge in [0.2, 0.25) is 0 Å². The van der Waals surface area contributed by atoms with Crippen LogP contribution < -0.4 is 11.1 Å². The quantitative estimate of drug-likeness (QED) is 0.204. The van der Waals surface area contributed by atoms with Crippen LogP contribution in [0.25, 0.3) is 36.6 Å². The van der Waals surface area contributed by atoms with Crippen molar-refractivity contribution >= 4 is 83.5 Å². The van der Waals surface area contributed by atoms with Crippen molar-refractivity contribution in [3.05, 3.63) is 71.1 Å². The molecule has 158 valence electrons. The molecule has 0 aliphatic rings. The second kappa shape index (κ2) is 7.51. The highest BCUT2D eigenvalue weighted by Gasteiger charge is 2.25. The highest BCUT2D eigenvalue weighted by atomic mass is 79.9. The lowest BCUT2D eigenvalue weighted by molar-refractivity contribution is 0.792. The maximum atomic E-state index is 13.9. The number of aromatic nitrogens is 1. The predicted octanol–water partition coefficient (Wildman–Crippen LogP) is 7.99. The van der Waals surface area contributed by atoms with Crippen molar-refractivity contribution in [2.75, 3.05) is 0 Å². The highest BCUT2D eigenvalue weighted by Crippen LogP contribution is 2.46. The van der Waals surface area contributed by atoms with Crippen molar-refractivity contribution in [3.8, 4) is 5.69 Å². The van der Waals surface area contributed by atoms with E-state index in [-0.39, 0.29) is 23.0 Å². The van der Waals surface area contributed by atoms with Gasteiger partial charge in [-0.25, -0.2) is 4.57 Å². The summed E-state index contributed by atoms with van der Waals surface area (Å²) >= 11 is 7.33. The van der Waals surface area contributed by atoms with Gasteiger partial charge in [0.05, 0.1) is 25.9 Å². The fourth-order valence-electron chi connectivity index (χ4n) is 4.40. The topological polar surface area (TPSA) is 39.1 Å². The molecule has 3 nitrogen and oxygen atoms in total. The fourth-order valence-corrected chi connectivity index (χ4v) is 9.01. The molecular weight excluding hydrogens is 558 g/mol. The van der Waals surface area contributed by atoms with E-state index in [9.17, 15) is 9.59 Å². The Morgan fingerprint density at radius 1 is 0.774 bits per heavy atom.